The molecule has 9 aromatic rings. The van der Waals surface area contributed by atoms with Crippen molar-refractivity contribution in [3.8, 4) is 22.3 Å². The minimum Gasteiger partial charge on any atom is -0.310 e. The third kappa shape index (κ3) is 6.76. The van der Waals surface area contributed by atoms with E-state index in [0.29, 0.717) is 0 Å². The molecule has 0 bridgehead atoms. The van der Waals surface area contributed by atoms with Gasteiger partial charge in [0.1, 0.15) is 0 Å². The normalized spacial score (nSPS) is 11.9. The molecule has 53 heavy (non-hydrogen) atoms. The van der Waals surface area contributed by atoms with Gasteiger partial charge in [0.25, 0.3) is 0 Å². The smallest absolute Gasteiger partial charge is 0.0468 e. The van der Waals surface area contributed by atoms with Crippen LogP contribution in [0.2, 0.25) is 5.02 Å². The van der Waals surface area contributed by atoms with Gasteiger partial charge >= 0.3 is 0 Å². The summed E-state index contributed by atoms with van der Waals surface area (Å²) >= 11 is 8.27. The largest absolute Gasteiger partial charge is 0.310 e. The van der Waals surface area contributed by atoms with E-state index in [-0.39, 0.29) is 5.92 Å². The summed E-state index contributed by atoms with van der Waals surface area (Å²) in [4.78, 5) is 2.36. The van der Waals surface area contributed by atoms with Crippen molar-refractivity contribution < 1.29 is 0 Å². The lowest BCUT2D eigenvalue weighted by Gasteiger charge is -2.25. The Morgan fingerprint density at radius 3 is 1.74 bits per heavy atom. The van der Waals surface area contributed by atoms with E-state index in [1.165, 1.54) is 53.6 Å². The van der Waals surface area contributed by atoms with E-state index in [0.717, 1.165) is 34.1 Å². The van der Waals surface area contributed by atoms with E-state index in [1.54, 1.807) is 0 Å². The first-order chi connectivity index (χ1) is 26.2. The second kappa shape index (κ2) is 14.6. The maximum atomic E-state index is 6.39. The van der Waals surface area contributed by atoms with E-state index in [2.05, 4.69) is 193 Å². The van der Waals surface area contributed by atoms with Crippen molar-refractivity contribution in [2.45, 2.75) is 12.3 Å². The SMILES string of the molecule is Clc1ccc(-c2cc(C(Cc3ccccc3)c3cccc(-c4ccccc4)c3)c3c(c2)sc2ccc(N(c4ccccc4)c4ccccc4)cc23)cc1. The number of nitrogens with zero attached hydrogens (tertiary/aromatic N) is 1. The molecule has 9 rings (SSSR count). The highest BCUT2D eigenvalue weighted by atomic mass is 35.5. The highest BCUT2D eigenvalue weighted by Gasteiger charge is 2.23. The summed E-state index contributed by atoms with van der Waals surface area (Å²) in [6.45, 7) is 0. The molecule has 1 heterocycles. The van der Waals surface area contributed by atoms with Crippen molar-refractivity contribution in [1.29, 1.82) is 0 Å². The molecule has 3 heteroatoms. The molecular weight excluding hydrogens is 682 g/mol. The molecule has 0 amide bonds. The topological polar surface area (TPSA) is 3.24 Å². The maximum absolute atomic E-state index is 6.39. The van der Waals surface area contributed by atoms with Gasteiger partial charge in [0.15, 0.2) is 0 Å². The highest BCUT2D eigenvalue weighted by Crippen LogP contribution is 2.46. The van der Waals surface area contributed by atoms with Crippen LogP contribution < -0.4 is 4.90 Å². The average Bonchev–Trinajstić information content (AvgIpc) is 3.60. The van der Waals surface area contributed by atoms with Gasteiger partial charge in [0.05, 0.1) is 0 Å². The van der Waals surface area contributed by atoms with Crippen LogP contribution >= 0.6 is 22.9 Å². The van der Waals surface area contributed by atoms with Crippen molar-refractivity contribution >= 4 is 60.2 Å². The molecular formula is C50H36ClNS. The first-order valence-electron chi connectivity index (χ1n) is 18.0. The second-order valence-corrected chi connectivity index (χ2v) is 15.0. The third-order valence-electron chi connectivity index (χ3n) is 10.1. The molecule has 254 valence electrons. The highest BCUT2D eigenvalue weighted by molar-refractivity contribution is 7.25. The number of benzene rings is 8. The van der Waals surface area contributed by atoms with Crippen molar-refractivity contribution in [2.75, 3.05) is 4.90 Å². The van der Waals surface area contributed by atoms with Crippen molar-refractivity contribution in [3.63, 3.8) is 0 Å². The quantitative estimate of drug-likeness (QED) is 0.144. The van der Waals surface area contributed by atoms with Crippen LogP contribution in [-0.4, -0.2) is 0 Å². The van der Waals surface area contributed by atoms with Gasteiger partial charge in [-0.3, -0.25) is 0 Å². The van der Waals surface area contributed by atoms with Crippen LogP contribution in [0, 0.1) is 0 Å². The maximum Gasteiger partial charge on any atom is 0.0468 e. The molecule has 0 spiro atoms. The lowest BCUT2D eigenvalue weighted by atomic mass is 9.81. The van der Waals surface area contributed by atoms with Crippen molar-refractivity contribution in [1.82, 2.24) is 0 Å². The number of rotatable bonds is 9. The average molecular weight is 718 g/mol. The summed E-state index contributed by atoms with van der Waals surface area (Å²) in [6.07, 6.45) is 0.870. The number of hydrogen-bond donors (Lipinski definition) is 0. The number of para-hydroxylation sites is 2. The van der Waals surface area contributed by atoms with Crippen molar-refractivity contribution in [2.24, 2.45) is 0 Å². The fraction of sp³-hybridized carbons (Fsp3) is 0.0400. The van der Waals surface area contributed by atoms with Gasteiger partial charge in [-0.1, -0.05) is 145 Å². The van der Waals surface area contributed by atoms with Crippen LogP contribution in [0.3, 0.4) is 0 Å². The zero-order valence-corrected chi connectivity index (χ0v) is 30.6. The van der Waals surface area contributed by atoms with Gasteiger partial charge in [0, 0.05) is 48.2 Å². The summed E-state index contributed by atoms with van der Waals surface area (Å²) in [6, 6.07) is 72.2. The summed E-state index contributed by atoms with van der Waals surface area (Å²) in [7, 11) is 0. The van der Waals surface area contributed by atoms with Gasteiger partial charge in [-0.25, -0.2) is 0 Å². The zero-order valence-electron chi connectivity index (χ0n) is 29.1. The van der Waals surface area contributed by atoms with Crippen LogP contribution in [0.1, 0.15) is 22.6 Å². The van der Waals surface area contributed by atoms with Gasteiger partial charge in [-0.15, -0.1) is 11.3 Å². The van der Waals surface area contributed by atoms with E-state index < -0.39 is 0 Å². The van der Waals surface area contributed by atoms with E-state index in [9.17, 15) is 0 Å². The molecule has 1 unspecified atom stereocenters. The van der Waals surface area contributed by atoms with Crippen LogP contribution in [0.15, 0.2) is 200 Å². The number of halogens is 1. The lowest BCUT2D eigenvalue weighted by molar-refractivity contribution is 0.813. The van der Waals surface area contributed by atoms with E-state index in [4.69, 9.17) is 11.6 Å². The Hall–Kier alpha value is -5.93. The van der Waals surface area contributed by atoms with Gasteiger partial charge in [-0.05, 0) is 112 Å². The molecule has 8 aromatic carbocycles. The van der Waals surface area contributed by atoms with Crippen LogP contribution in [0.25, 0.3) is 42.4 Å². The molecule has 0 saturated carbocycles. The predicted molar refractivity (Wildman–Crippen MR) is 228 cm³/mol. The van der Waals surface area contributed by atoms with Crippen LogP contribution in [-0.2, 0) is 6.42 Å². The summed E-state index contributed by atoms with van der Waals surface area (Å²) in [5, 5.41) is 3.33. The second-order valence-electron chi connectivity index (χ2n) is 13.5. The Balaban J connectivity index is 1.31. The third-order valence-corrected chi connectivity index (χ3v) is 11.5. The fourth-order valence-electron chi connectivity index (χ4n) is 7.57. The summed E-state index contributed by atoms with van der Waals surface area (Å²) in [5.41, 5.74) is 12.1. The lowest BCUT2D eigenvalue weighted by Crippen LogP contribution is -2.09. The standard InChI is InChI=1S/C50H36ClNS/c51-41-26-24-37(25-27-41)40-32-46(45(30-35-14-5-1-6-15-35)39-19-13-18-38(31-39)36-16-7-2-8-17-36)50-47-34-44(28-29-48(47)53-49(50)33-40)52(42-20-9-3-10-21-42)43-22-11-4-12-23-43/h1-29,31-34,45H,30H2. The summed E-state index contributed by atoms with van der Waals surface area (Å²) in [5.74, 6) is 0.0941. The van der Waals surface area contributed by atoms with E-state index >= 15 is 0 Å². The number of thiophene rings is 1. The molecule has 0 aliphatic carbocycles. The first-order valence-corrected chi connectivity index (χ1v) is 19.2. The van der Waals surface area contributed by atoms with Gasteiger partial charge in [0.2, 0.25) is 0 Å². The molecule has 0 fully saturated rings. The number of fused-ring (bicyclic) bond motifs is 3. The Labute approximate surface area is 320 Å². The summed E-state index contributed by atoms with van der Waals surface area (Å²) < 4.78 is 2.55. The molecule has 0 aliphatic rings. The Bertz CT molecular complexity index is 2590. The molecule has 1 aromatic heterocycles. The molecule has 0 saturated heterocycles. The first kappa shape index (κ1) is 32.9. The fourth-order valence-corrected chi connectivity index (χ4v) is 8.86. The monoisotopic (exact) mass is 717 g/mol. The molecule has 1 nitrogen and oxygen atoms in total. The minimum atomic E-state index is 0.0941. The zero-order chi connectivity index (χ0) is 35.6. The molecule has 0 radical (unpaired) electrons. The van der Waals surface area contributed by atoms with Gasteiger partial charge in [-0.2, -0.15) is 0 Å². The van der Waals surface area contributed by atoms with Crippen LogP contribution in [0.4, 0.5) is 17.1 Å². The molecule has 1 atom stereocenters. The van der Waals surface area contributed by atoms with Crippen molar-refractivity contribution in [3.05, 3.63) is 222 Å². The Kier molecular flexibility index (Phi) is 9.07. The Morgan fingerprint density at radius 1 is 0.453 bits per heavy atom. The van der Waals surface area contributed by atoms with Gasteiger partial charge < -0.3 is 4.90 Å². The molecule has 0 N–H and O–H groups in total. The number of hydrogen-bond acceptors (Lipinski definition) is 2. The Morgan fingerprint density at radius 2 is 1.06 bits per heavy atom. The van der Waals surface area contributed by atoms with Crippen LogP contribution in [0.5, 0.6) is 0 Å². The van der Waals surface area contributed by atoms with E-state index in [1.807, 2.05) is 23.5 Å². The molecule has 0 aliphatic heterocycles. The number of anilines is 3. The minimum absolute atomic E-state index is 0.0941. The predicted octanol–water partition coefficient (Wildman–Crippen LogP) is 14.9.